The number of nitrogens with one attached hydrogen (secondary N) is 1. The van der Waals surface area contributed by atoms with E-state index in [0.717, 1.165) is 26.5 Å². The van der Waals surface area contributed by atoms with Crippen molar-refractivity contribution in [1.29, 1.82) is 0 Å². The third-order valence-electron chi connectivity index (χ3n) is 5.09. The molecule has 0 radical (unpaired) electrons. The number of carbonyl (C=O) groups excluding carboxylic acids is 1. The van der Waals surface area contributed by atoms with Crippen molar-refractivity contribution in [3.05, 3.63) is 80.9 Å². The van der Waals surface area contributed by atoms with Crippen molar-refractivity contribution >= 4 is 56.0 Å². The third kappa shape index (κ3) is 4.57. The summed E-state index contributed by atoms with van der Waals surface area (Å²) in [5.41, 5.74) is 7.22. The van der Waals surface area contributed by atoms with E-state index in [1.165, 1.54) is 5.01 Å². The molecular weight excluding hydrogens is 482 g/mol. The van der Waals surface area contributed by atoms with Gasteiger partial charge in [-0.1, -0.05) is 51.8 Å². The lowest BCUT2D eigenvalue weighted by Crippen LogP contribution is -2.39. The van der Waals surface area contributed by atoms with Crippen LogP contribution in [-0.4, -0.2) is 27.0 Å². The van der Waals surface area contributed by atoms with Crippen molar-refractivity contribution in [2.45, 2.75) is 25.8 Å². The standard InChI is InChI=1S/C23H19BrClN3O3/c1-13-2-3-15-11-17(23(25)26-18(15)10-13)19-12-20(14-4-6-16(24)7-5-14)28(27-19)21(29)8-9-22(30)31/h2-7,10-12,20,27H,8-9H2,1H3,(H,30,31). The Kier molecular flexibility index (Phi) is 5.98. The van der Waals surface area contributed by atoms with Crippen LogP contribution in [0.1, 0.15) is 35.6 Å². The number of carboxylic acids is 1. The molecule has 0 spiro atoms. The summed E-state index contributed by atoms with van der Waals surface area (Å²) in [4.78, 5) is 28.3. The molecule has 1 aliphatic rings. The Bertz CT molecular complexity index is 1210. The minimum Gasteiger partial charge on any atom is -0.481 e. The first-order valence-electron chi connectivity index (χ1n) is 9.67. The molecule has 0 saturated heterocycles. The number of hydrogen-bond acceptors (Lipinski definition) is 4. The van der Waals surface area contributed by atoms with Gasteiger partial charge in [-0.15, -0.1) is 0 Å². The van der Waals surface area contributed by atoms with Crippen LogP contribution in [0, 0.1) is 6.92 Å². The number of aromatic nitrogens is 1. The second-order valence-electron chi connectivity index (χ2n) is 7.37. The van der Waals surface area contributed by atoms with Crippen LogP contribution < -0.4 is 5.43 Å². The average Bonchev–Trinajstić information content (AvgIpc) is 3.17. The summed E-state index contributed by atoms with van der Waals surface area (Å²) in [6, 6.07) is 15.1. The van der Waals surface area contributed by atoms with Crippen LogP contribution in [-0.2, 0) is 9.59 Å². The highest BCUT2D eigenvalue weighted by atomic mass is 79.9. The molecule has 2 heterocycles. The first-order chi connectivity index (χ1) is 14.8. The van der Waals surface area contributed by atoms with Gasteiger partial charge in [0.15, 0.2) is 0 Å². The molecule has 0 saturated carbocycles. The number of benzene rings is 2. The molecule has 2 N–H and O–H groups in total. The van der Waals surface area contributed by atoms with Crippen LogP contribution in [0.3, 0.4) is 0 Å². The SMILES string of the molecule is Cc1ccc2cc(C3=CC(c4ccc(Br)cc4)N(C(=O)CCC(=O)O)N3)c(Cl)nc2c1. The van der Waals surface area contributed by atoms with Gasteiger partial charge >= 0.3 is 5.97 Å². The van der Waals surface area contributed by atoms with E-state index in [2.05, 4.69) is 26.3 Å². The highest BCUT2D eigenvalue weighted by molar-refractivity contribution is 9.10. The molecule has 0 bridgehead atoms. The summed E-state index contributed by atoms with van der Waals surface area (Å²) in [5, 5.41) is 11.7. The monoisotopic (exact) mass is 499 g/mol. The number of hydrazine groups is 1. The largest absolute Gasteiger partial charge is 0.481 e. The lowest BCUT2D eigenvalue weighted by atomic mass is 10.0. The Morgan fingerprint density at radius 2 is 1.90 bits per heavy atom. The number of halogens is 2. The van der Waals surface area contributed by atoms with Gasteiger partial charge in [-0.3, -0.25) is 15.0 Å². The summed E-state index contributed by atoms with van der Waals surface area (Å²) in [6.45, 7) is 1.99. The molecule has 6 nitrogen and oxygen atoms in total. The van der Waals surface area contributed by atoms with Gasteiger partial charge < -0.3 is 5.11 Å². The molecule has 3 aromatic rings. The number of hydrogen-bond donors (Lipinski definition) is 2. The van der Waals surface area contributed by atoms with Crippen LogP contribution in [0.5, 0.6) is 0 Å². The van der Waals surface area contributed by atoms with E-state index in [9.17, 15) is 9.59 Å². The lowest BCUT2D eigenvalue weighted by Gasteiger charge is -2.25. The van der Waals surface area contributed by atoms with Gasteiger partial charge in [-0.25, -0.2) is 9.99 Å². The number of rotatable bonds is 5. The fourth-order valence-corrected chi connectivity index (χ4v) is 4.03. The molecule has 2 aromatic carbocycles. The Morgan fingerprint density at radius 3 is 2.61 bits per heavy atom. The quantitative estimate of drug-likeness (QED) is 0.467. The lowest BCUT2D eigenvalue weighted by molar-refractivity contribution is -0.142. The van der Waals surface area contributed by atoms with E-state index in [1.807, 2.05) is 61.5 Å². The Morgan fingerprint density at radius 1 is 1.16 bits per heavy atom. The van der Waals surface area contributed by atoms with E-state index in [1.54, 1.807) is 0 Å². The van der Waals surface area contributed by atoms with Crippen molar-refractivity contribution in [1.82, 2.24) is 15.4 Å². The molecule has 1 unspecified atom stereocenters. The second kappa shape index (κ2) is 8.69. The minimum absolute atomic E-state index is 0.112. The zero-order valence-electron chi connectivity index (χ0n) is 16.6. The summed E-state index contributed by atoms with van der Waals surface area (Å²) in [5.74, 6) is -1.33. The maximum atomic E-state index is 12.8. The Hall–Kier alpha value is -2.90. The summed E-state index contributed by atoms with van der Waals surface area (Å²) in [6.07, 6.45) is 1.56. The maximum absolute atomic E-state index is 12.8. The zero-order chi connectivity index (χ0) is 22.1. The number of fused-ring (bicyclic) bond motifs is 1. The third-order valence-corrected chi connectivity index (χ3v) is 5.91. The number of amides is 1. The Labute approximate surface area is 192 Å². The minimum atomic E-state index is -1.02. The van der Waals surface area contributed by atoms with Gasteiger partial charge in [0.25, 0.3) is 0 Å². The van der Waals surface area contributed by atoms with Crippen LogP contribution in [0.25, 0.3) is 16.6 Å². The number of carboxylic acid groups (broad SMARTS) is 1. The first-order valence-corrected chi connectivity index (χ1v) is 10.8. The van der Waals surface area contributed by atoms with Gasteiger partial charge in [-0.05, 0) is 48.4 Å². The molecule has 1 amide bonds. The van der Waals surface area contributed by atoms with Crippen molar-refractivity contribution in [2.24, 2.45) is 0 Å². The molecule has 4 rings (SSSR count). The van der Waals surface area contributed by atoms with Crippen molar-refractivity contribution in [3.8, 4) is 0 Å². The van der Waals surface area contributed by atoms with Crippen LogP contribution >= 0.6 is 27.5 Å². The van der Waals surface area contributed by atoms with E-state index in [4.69, 9.17) is 16.7 Å². The normalized spacial score (nSPS) is 15.6. The van der Waals surface area contributed by atoms with Gasteiger partial charge in [0.2, 0.25) is 5.91 Å². The molecule has 31 heavy (non-hydrogen) atoms. The van der Waals surface area contributed by atoms with E-state index in [-0.39, 0.29) is 18.7 Å². The van der Waals surface area contributed by atoms with Gasteiger partial charge in [0.05, 0.1) is 23.7 Å². The number of aliphatic carboxylic acids is 1. The second-order valence-corrected chi connectivity index (χ2v) is 8.64. The Balaban J connectivity index is 1.73. The number of carbonyl (C=O) groups is 2. The summed E-state index contributed by atoms with van der Waals surface area (Å²) < 4.78 is 0.923. The summed E-state index contributed by atoms with van der Waals surface area (Å²) >= 11 is 9.92. The molecule has 1 atom stereocenters. The van der Waals surface area contributed by atoms with Crippen molar-refractivity contribution in [2.75, 3.05) is 0 Å². The predicted molar refractivity (Wildman–Crippen MR) is 123 cm³/mol. The highest BCUT2D eigenvalue weighted by Gasteiger charge is 2.31. The predicted octanol–water partition coefficient (Wildman–Crippen LogP) is 5.25. The molecule has 0 aliphatic carbocycles. The molecule has 158 valence electrons. The van der Waals surface area contributed by atoms with E-state index < -0.39 is 12.0 Å². The van der Waals surface area contributed by atoms with Crippen LogP contribution in [0.15, 0.2) is 59.1 Å². The van der Waals surface area contributed by atoms with Crippen molar-refractivity contribution < 1.29 is 14.7 Å². The number of pyridine rings is 1. The first kappa shape index (κ1) is 21.3. The number of aryl methyl sites for hydroxylation is 1. The zero-order valence-corrected chi connectivity index (χ0v) is 18.9. The fourth-order valence-electron chi connectivity index (χ4n) is 3.52. The molecule has 8 heteroatoms. The molecule has 0 fully saturated rings. The van der Waals surface area contributed by atoms with Gasteiger partial charge in [0.1, 0.15) is 5.15 Å². The van der Waals surface area contributed by atoms with Crippen LogP contribution in [0.2, 0.25) is 5.15 Å². The fraction of sp³-hybridized carbons (Fsp3) is 0.174. The summed E-state index contributed by atoms with van der Waals surface area (Å²) in [7, 11) is 0. The van der Waals surface area contributed by atoms with E-state index >= 15 is 0 Å². The van der Waals surface area contributed by atoms with Crippen LogP contribution in [0.4, 0.5) is 0 Å². The van der Waals surface area contributed by atoms with E-state index in [0.29, 0.717) is 16.4 Å². The molecule has 1 aliphatic heterocycles. The topological polar surface area (TPSA) is 82.5 Å². The molecule has 1 aromatic heterocycles. The number of nitrogens with zero attached hydrogens (tertiary/aromatic N) is 2. The maximum Gasteiger partial charge on any atom is 0.303 e. The average molecular weight is 501 g/mol. The smallest absolute Gasteiger partial charge is 0.303 e. The molecular formula is C23H19BrClN3O3. The highest BCUT2D eigenvalue weighted by Crippen LogP contribution is 2.35. The van der Waals surface area contributed by atoms with Gasteiger partial charge in [0, 0.05) is 21.8 Å². The van der Waals surface area contributed by atoms with Crippen molar-refractivity contribution in [3.63, 3.8) is 0 Å². The van der Waals surface area contributed by atoms with Gasteiger partial charge in [-0.2, -0.15) is 0 Å².